The second-order valence-electron chi connectivity index (χ2n) is 28.3. The van der Waals surface area contributed by atoms with Crippen molar-refractivity contribution in [2.24, 2.45) is 0 Å². The Morgan fingerprint density at radius 3 is 0.694 bits per heavy atom. The lowest BCUT2D eigenvalue weighted by atomic mass is 9.78. The monoisotopic (exact) mass is 965 g/mol. The molecule has 4 heteroatoms. The molecular weight excluding hydrogens is 873 g/mol. The van der Waals surface area contributed by atoms with Crippen LogP contribution >= 0.6 is 0 Å². The molecule has 4 aromatic carbocycles. The van der Waals surface area contributed by atoms with Gasteiger partial charge in [0.25, 0.3) is 0 Å². The molecule has 0 atom stereocenters. The van der Waals surface area contributed by atoms with Gasteiger partial charge in [-0.15, -0.1) is 0 Å². The highest BCUT2D eigenvalue weighted by molar-refractivity contribution is 5.91. The van der Waals surface area contributed by atoms with Gasteiger partial charge in [-0.3, -0.25) is 19.9 Å². The number of hydrogen-bond acceptors (Lipinski definition) is 4. The molecule has 0 fully saturated rings. The van der Waals surface area contributed by atoms with Crippen LogP contribution < -0.4 is 0 Å². The zero-order chi connectivity index (χ0) is 54.2. The fraction of sp³-hybridized carbons (Fsp3) is 0.471. The van der Waals surface area contributed by atoms with Gasteiger partial charge in [0, 0.05) is 58.7 Å². The molecule has 8 rings (SSSR count). The first-order chi connectivity index (χ1) is 32.8. The van der Waals surface area contributed by atoms with Gasteiger partial charge < -0.3 is 0 Å². The van der Waals surface area contributed by atoms with Gasteiger partial charge in [-0.1, -0.05) is 227 Å². The predicted molar refractivity (Wildman–Crippen MR) is 317 cm³/mol. The van der Waals surface area contributed by atoms with E-state index in [2.05, 4.69) is 259 Å². The van der Waals surface area contributed by atoms with Gasteiger partial charge in [0.05, 0.1) is 11.0 Å². The van der Waals surface area contributed by atoms with Crippen LogP contribution in [0, 0.1) is 0 Å². The van der Waals surface area contributed by atoms with E-state index < -0.39 is 0 Å². The SMILES string of the molecule is CC(C)(C)c1ccc(C(C)(C)C)c2cnccc12.CC(C)(C)c1ccc(C(C)(C)C)c2cnccc12.CC(C)(C)c1ccc(C(C)(C)C)c2ncccc12.CC(C)(C)c1ccc(C(C)(C)C)c2ncccc12. The summed E-state index contributed by atoms with van der Waals surface area (Å²) in [5.41, 5.74) is 14.4. The van der Waals surface area contributed by atoms with Crippen molar-refractivity contribution in [1.82, 2.24) is 19.9 Å². The topological polar surface area (TPSA) is 51.6 Å². The van der Waals surface area contributed by atoms with Crippen molar-refractivity contribution in [3.8, 4) is 0 Å². The first kappa shape index (κ1) is 57.4. The van der Waals surface area contributed by atoms with Crippen LogP contribution in [0.15, 0.2) is 122 Å². The summed E-state index contributed by atoms with van der Waals surface area (Å²) in [6.45, 7) is 54.1. The molecule has 4 aromatic heterocycles. The van der Waals surface area contributed by atoms with E-state index in [4.69, 9.17) is 0 Å². The Morgan fingerprint density at radius 2 is 0.444 bits per heavy atom. The van der Waals surface area contributed by atoms with Gasteiger partial charge in [-0.25, -0.2) is 0 Å². The van der Waals surface area contributed by atoms with Crippen molar-refractivity contribution < 1.29 is 0 Å². The number of pyridine rings is 4. The number of fused-ring (bicyclic) bond motifs is 4. The van der Waals surface area contributed by atoms with Gasteiger partial charge in [0.2, 0.25) is 0 Å². The van der Waals surface area contributed by atoms with Gasteiger partial charge in [-0.05, 0) is 123 Å². The average molecular weight is 966 g/mol. The maximum atomic E-state index is 4.62. The minimum Gasteiger partial charge on any atom is -0.264 e. The number of nitrogens with zero attached hydrogens (tertiary/aromatic N) is 4. The van der Waals surface area contributed by atoms with E-state index in [0.717, 1.165) is 11.0 Å². The van der Waals surface area contributed by atoms with Crippen molar-refractivity contribution in [3.63, 3.8) is 0 Å². The lowest BCUT2D eigenvalue weighted by Gasteiger charge is -2.26. The summed E-state index contributed by atoms with van der Waals surface area (Å²) in [6, 6.07) is 30.9. The molecule has 384 valence electrons. The Labute approximate surface area is 437 Å². The molecule has 4 nitrogen and oxygen atoms in total. The summed E-state index contributed by atoms with van der Waals surface area (Å²) in [5.74, 6) is 0. The molecule has 8 aromatic rings. The maximum Gasteiger partial charge on any atom is 0.0742 e. The molecule has 0 amide bonds. The Hall–Kier alpha value is -5.48. The van der Waals surface area contributed by atoms with Crippen LogP contribution in [0.4, 0.5) is 0 Å². The summed E-state index contributed by atoms with van der Waals surface area (Å²) >= 11 is 0. The van der Waals surface area contributed by atoms with Crippen molar-refractivity contribution in [2.45, 2.75) is 209 Å². The lowest BCUT2D eigenvalue weighted by Crippen LogP contribution is -2.16. The molecular formula is C68H92N4. The first-order valence-electron chi connectivity index (χ1n) is 26.4. The minimum atomic E-state index is 0.128. The normalized spacial score (nSPS) is 13.0. The largest absolute Gasteiger partial charge is 0.264 e. The van der Waals surface area contributed by atoms with E-state index >= 15 is 0 Å². The molecule has 4 heterocycles. The predicted octanol–water partition coefficient (Wildman–Crippen LogP) is 19.3. The van der Waals surface area contributed by atoms with Crippen LogP contribution in [0.5, 0.6) is 0 Å². The third-order valence-corrected chi connectivity index (χ3v) is 13.6. The van der Waals surface area contributed by atoms with Crippen molar-refractivity contribution >= 4 is 43.4 Å². The standard InChI is InChI=1S/4C17H23N/c2*1-16(2,3)14-7-8-15(17(4,5)6)13-11-18-10-9-12(13)14;2*1-16(2,3)13-9-10-14(17(4,5)6)15-12(13)8-7-11-18-15/h4*7-11H,1-6H3. The van der Waals surface area contributed by atoms with E-state index in [9.17, 15) is 0 Å². The molecule has 0 aliphatic heterocycles. The molecule has 0 radical (unpaired) electrons. The average Bonchev–Trinajstić information content (AvgIpc) is 3.25. The van der Waals surface area contributed by atoms with Crippen LogP contribution in [0.3, 0.4) is 0 Å². The summed E-state index contributed by atoms with van der Waals surface area (Å²) in [4.78, 5) is 17.9. The Kier molecular flexibility index (Phi) is 16.6. The number of aromatic nitrogens is 4. The molecule has 0 aliphatic rings. The van der Waals surface area contributed by atoms with Gasteiger partial charge in [-0.2, -0.15) is 0 Å². The van der Waals surface area contributed by atoms with Crippen LogP contribution in [0.25, 0.3) is 43.4 Å². The maximum absolute atomic E-state index is 4.62. The van der Waals surface area contributed by atoms with E-state index in [1.54, 1.807) is 0 Å². The van der Waals surface area contributed by atoms with Crippen molar-refractivity contribution in [2.75, 3.05) is 0 Å². The van der Waals surface area contributed by atoms with Crippen LogP contribution in [0.2, 0.25) is 0 Å². The minimum absolute atomic E-state index is 0.128. The number of rotatable bonds is 0. The van der Waals surface area contributed by atoms with E-state index in [1.807, 2.05) is 49.3 Å². The fourth-order valence-corrected chi connectivity index (χ4v) is 9.86. The third kappa shape index (κ3) is 13.6. The quantitative estimate of drug-likeness (QED) is 0.152. The van der Waals surface area contributed by atoms with Gasteiger partial charge in [0.15, 0.2) is 0 Å². The highest BCUT2D eigenvalue weighted by Gasteiger charge is 2.27. The van der Waals surface area contributed by atoms with Crippen LogP contribution in [-0.4, -0.2) is 19.9 Å². The molecule has 0 aliphatic carbocycles. The smallest absolute Gasteiger partial charge is 0.0742 e. The summed E-state index contributed by atoms with van der Waals surface area (Å²) in [5, 5.41) is 7.83. The van der Waals surface area contributed by atoms with Crippen LogP contribution in [0.1, 0.15) is 211 Å². The Balaban J connectivity index is 0.000000178. The fourth-order valence-electron chi connectivity index (χ4n) is 9.86. The first-order valence-corrected chi connectivity index (χ1v) is 26.4. The molecule has 0 saturated carbocycles. The summed E-state index contributed by atoms with van der Waals surface area (Å²) in [7, 11) is 0. The molecule has 0 bridgehead atoms. The molecule has 72 heavy (non-hydrogen) atoms. The summed E-state index contributed by atoms with van der Waals surface area (Å²) in [6.07, 6.45) is 11.6. The zero-order valence-corrected chi connectivity index (χ0v) is 49.3. The van der Waals surface area contributed by atoms with Crippen molar-refractivity contribution in [3.05, 3.63) is 167 Å². The third-order valence-electron chi connectivity index (χ3n) is 13.6. The number of hydrogen-bond donors (Lipinski definition) is 0. The van der Waals surface area contributed by atoms with Gasteiger partial charge in [0.1, 0.15) is 0 Å². The van der Waals surface area contributed by atoms with Crippen molar-refractivity contribution in [1.29, 1.82) is 0 Å². The highest BCUT2D eigenvalue weighted by Crippen LogP contribution is 2.39. The second-order valence-corrected chi connectivity index (χ2v) is 28.3. The number of benzene rings is 4. The molecule has 0 N–H and O–H groups in total. The Morgan fingerprint density at radius 1 is 0.222 bits per heavy atom. The Bertz CT molecular complexity index is 2490. The second kappa shape index (κ2) is 20.8. The van der Waals surface area contributed by atoms with E-state index in [1.165, 1.54) is 76.8 Å². The highest BCUT2D eigenvalue weighted by atomic mass is 14.7. The van der Waals surface area contributed by atoms with Crippen LogP contribution in [-0.2, 0) is 43.3 Å². The molecule has 0 spiro atoms. The van der Waals surface area contributed by atoms with E-state index in [-0.39, 0.29) is 43.3 Å². The van der Waals surface area contributed by atoms with Gasteiger partial charge >= 0.3 is 0 Å². The lowest BCUT2D eigenvalue weighted by molar-refractivity contribution is 0.584. The summed E-state index contributed by atoms with van der Waals surface area (Å²) < 4.78 is 0. The zero-order valence-electron chi connectivity index (χ0n) is 49.3. The molecule has 0 unspecified atom stereocenters. The van der Waals surface area contributed by atoms with E-state index in [0.29, 0.717) is 0 Å². The molecule has 0 saturated heterocycles.